The first-order valence-corrected chi connectivity index (χ1v) is 9.94. The third kappa shape index (κ3) is 5.57. The molecule has 2 N–H and O–H groups in total. The van der Waals surface area contributed by atoms with Crippen molar-refractivity contribution in [3.05, 3.63) is 54.1 Å². The molecule has 0 aliphatic heterocycles. The zero-order valence-corrected chi connectivity index (χ0v) is 16.0. The highest BCUT2D eigenvalue weighted by Crippen LogP contribution is 2.16. The number of rotatable bonds is 8. The lowest BCUT2D eigenvalue weighted by Gasteiger charge is -2.15. The molecule has 0 saturated carbocycles. The summed E-state index contributed by atoms with van der Waals surface area (Å²) in [6.45, 7) is 5.90. The average Bonchev–Trinajstić information content (AvgIpc) is 2.62. The summed E-state index contributed by atoms with van der Waals surface area (Å²) in [6.07, 6.45) is 0.0269. The fourth-order valence-corrected chi connectivity index (χ4v) is 3.29. The number of carbonyl (C=O) groups excluding carboxylic acids is 1. The van der Waals surface area contributed by atoms with Crippen molar-refractivity contribution in [1.29, 1.82) is 0 Å². The summed E-state index contributed by atoms with van der Waals surface area (Å²) in [6, 6.07) is 13.5. The summed E-state index contributed by atoms with van der Waals surface area (Å²) in [7, 11) is -3.52. The number of hydrogen-bond donors (Lipinski definition) is 2. The fraction of sp³-hybridized carbons (Fsp3) is 0.316. The maximum atomic E-state index is 12.2. The highest BCUT2D eigenvalue weighted by molar-refractivity contribution is 7.89. The standard InChI is InChI=1S/C19H24N2O4S/c1-4-13-20-26(23,24)18-11-7-16(8-12-18)21-19(22)15(3)25-17-9-5-14(2)6-10-17/h5-12,15,20H,4,13H2,1-3H3,(H,21,22). The predicted molar refractivity (Wildman–Crippen MR) is 102 cm³/mol. The molecule has 0 fully saturated rings. The minimum atomic E-state index is -3.52. The molecule has 1 amide bonds. The van der Waals surface area contributed by atoms with Gasteiger partial charge in [0.25, 0.3) is 5.91 Å². The maximum absolute atomic E-state index is 12.2. The molecule has 0 aliphatic rings. The Labute approximate surface area is 154 Å². The van der Waals surface area contributed by atoms with Crippen LogP contribution in [-0.2, 0) is 14.8 Å². The van der Waals surface area contributed by atoms with Gasteiger partial charge in [0, 0.05) is 12.2 Å². The molecule has 7 heteroatoms. The van der Waals surface area contributed by atoms with E-state index in [2.05, 4.69) is 10.0 Å². The zero-order chi connectivity index (χ0) is 19.2. The van der Waals surface area contributed by atoms with E-state index in [0.29, 0.717) is 24.4 Å². The largest absolute Gasteiger partial charge is 0.481 e. The van der Waals surface area contributed by atoms with Gasteiger partial charge in [0.05, 0.1) is 4.90 Å². The molecule has 2 aromatic carbocycles. The third-order valence-corrected chi connectivity index (χ3v) is 5.15. The molecule has 0 bridgehead atoms. The zero-order valence-electron chi connectivity index (χ0n) is 15.2. The van der Waals surface area contributed by atoms with Crippen LogP contribution in [0, 0.1) is 6.92 Å². The summed E-state index contributed by atoms with van der Waals surface area (Å²) in [4.78, 5) is 12.4. The Bertz CT molecular complexity index is 831. The number of ether oxygens (including phenoxy) is 1. The molecule has 2 rings (SSSR count). The lowest BCUT2D eigenvalue weighted by molar-refractivity contribution is -0.122. The summed E-state index contributed by atoms with van der Waals surface area (Å²) in [5, 5.41) is 2.72. The van der Waals surface area contributed by atoms with Crippen molar-refractivity contribution in [2.24, 2.45) is 0 Å². The molecule has 0 aromatic heterocycles. The number of hydrogen-bond acceptors (Lipinski definition) is 4. The number of benzene rings is 2. The first kappa shape index (κ1) is 19.9. The van der Waals surface area contributed by atoms with Crippen LogP contribution in [0.5, 0.6) is 5.75 Å². The molecule has 1 unspecified atom stereocenters. The first-order valence-electron chi connectivity index (χ1n) is 8.45. The quantitative estimate of drug-likeness (QED) is 0.741. The Morgan fingerprint density at radius 1 is 1.08 bits per heavy atom. The van der Waals surface area contributed by atoms with Crippen molar-refractivity contribution in [2.75, 3.05) is 11.9 Å². The number of nitrogens with one attached hydrogen (secondary N) is 2. The number of amides is 1. The molecule has 1 atom stereocenters. The van der Waals surface area contributed by atoms with Gasteiger partial charge in [0.1, 0.15) is 5.75 Å². The lowest BCUT2D eigenvalue weighted by Crippen LogP contribution is -2.30. The van der Waals surface area contributed by atoms with E-state index in [0.717, 1.165) is 5.56 Å². The molecule has 140 valence electrons. The van der Waals surface area contributed by atoms with Gasteiger partial charge in [-0.1, -0.05) is 24.6 Å². The normalized spacial score (nSPS) is 12.4. The predicted octanol–water partition coefficient (Wildman–Crippen LogP) is 3.09. The molecule has 26 heavy (non-hydrogen) atoms. The van der Waals surface area contributed by atoms with Gasteiger partial charge in [-0.15, -0.1) is 0 Å². The van der Waals surface area contributed by atoms with E-state index < -0.39 is 16.1 Å². The second kappa shape index (κ2) is 8.82. The summed E-state index contributed by atoms with van der Waals surface area (Å²) in [5.74, 6) is 0.298. The molecule has 0 heterocycles. The van der Waals surface area contributed by atoms with Gasteiger partial charge in [0.2, 0.25) is 10.0 Å². The van der Waals surface area contributed by atoms with Gasteiger partial charge in [-0.3, -0.25) is 4.79 Å². The van der Waals surface area contributed by atoms with E-state index in [1.165, 1.54) is 12.1 Å². The van der Waals surface area contributed by atoms with Gasteiger partial charge in [-0.2, -0.15) is 0 Å². The highest BCUT2D eigenvalue weighted by Gasteiger charge is 2.16. The van der Waals surface area contributed by atoms with Crippen LogP contribution in [0.4, 0.5) is 5.69 Å². The second-order valence-corrected chi connectivity index (χ2v) is 7.75. The molecular weight excluding hydrogens is 352 g/mol. The van der Waals surface area contributed by atoms with Crippen LogP contribution in [-0.4, -0.2) is 27.0 Å². The van der Waals surface area contributed by atoms with Gasteiger partial charge >= 0.3 is 0 Å². The fourth-order valence-electron chi connectivity index (χ4n) is 2.16. The van der Waals surface area contributed by atoms with Crippen molar-refractivity contribution in [1.82, 2.24) is 4.72 Å². The third-order valence-electron chi connectivity index (χ3n) is 3.68. The summed E-state index contributed by atoms with van der Waals surface area (Å²) >= 11 is 0. The van der Waals surface area contributed by atoms with E-state index >= 15 is 0 Å². The number of sulfonamides is 1. The Morgan fingerprint density at radius 3 is 2.27 bits per heavy atom. The SMILES string of the molecule is CCCNS(=O)(=O)c1ccc(NC(=O)C(C)Oc2ccc(C)cc2)cc1. The molecular formula is C19H24N2O4S. The Morgan fingerprint density at radius 2 is 1.69 bits per heavy atom. The van der Waals surface area contributed by atoms with E-state index in [1.807, 2.05) is 38.1 Å². The molecule has 2 aromatic rings. The van der Waals surface area contributed by atoms with Crippen LogP contribution >= 0.6 is 0 Å². The van der Waals surface area contributed by atoms with Crippen LogP contribution in [0.1, 0.15) is 25.8 Å². The van der Waals surface area contributed by atoms with Crippen molar-refractivity contribution in [2.45, 2.75) is 38.2 Å². The van der Waals surface area contributed by atoms with Crippen molar-refractivity contribution >= 4 is 21.6 Å². The minimum absolute atomic E-state index is 0.160. The van der Waals surface area contributed by atoms with Crippen LogP contribution in [0.25, 0.3) is 0 Å². The lowest BCUT2D eigenvalue weighted by atomic mass is 10.2. The number of aryl methyl sites for hydroxylation is 1. The van der Waals surface area contributed by atoms with Crippen LogP contribution in [0.15, 0.2) is 53.4 Å². The smallest absolute Gasteiger partial charge is 0.265 e. The summed E-state index contributed by atoms with van der Waals surface area (Å²) < 4.78 is 32.2. The van der Waals surface area contributed by atoms with Gasteiger partial charge in [-0.25, -0.2) is 13.1 Å². The van der Waals surface area contributed by atoms with Crippen LogP contribution < -0.4 is 14.8 Å². The Balaban J connectivity index is 1.97. The Kier molecular flexibility index (Phi) is 6.76. The molecule has 0 spiro atoms. The maximum Gasteiger partial charge on any atom is 0.265 e. The summed E-state index contributed by atoms with van der Waals surface area (Å²) in [5.41, 5.74) is 1.61. The average molecular weight is 376 g/mol. The molecule has 0 aliphatic carbocycles. The molecule has 6 nitrogen and oxygen atoms in total. The van der Waals surface area contributed by atoms with Gasteiger partial charge in [0.15, 0.2) is 6.10 Å². The van der Waals surface area contributed by atoms with Crippen LogP contribution in [0.2, 0.25) is 0 Å². The highest BCUT2D eigenvalue weighted by atomic mass is 32.2. The topological polar surface area (TPSA) is 84.5 Å². The number of carbonyl (C=O) groups is 1. The monoisotopic (exact) mass is 376 g/mol. The van der Waals surface area contributed by atoms with Gasteiger partial charge in [-0.05, 0) is 56.7 Å². The van der Waals surface area contributed by atoms with Crippen molar-refractivity contribution < 1.29 is 17.9 Å². The second-order valence-electron chi connectivity index (χ2n) is 5.98. The molecule has 0 radical (unpaired) electrons. The van der Waals surface area contributed by atoms with Crippen LogP contribution in [0.3, 0.4) is 0 Å². The van der Waals surface area contributed by atoms with E-state index in [-0.39, 0.29) is 10.8 Å². The Hall–Kier alpha value is -2.38. The first-order chi connectivity index (χ1) is 12.3. The van der Waals surface area contributed by atoms with Gasteiger partial charge < -0.3 is 10.1 Å². The minimum Gasteiger partial charge on any atom is -0.481 e. The number of anilines is 1. The van der Waals surface area contributed by atoms with E-state index in [1.54, 1.807) is 19.1 Å². The molecule has 0 saturated heterocycles. The van der Waals surface area contributed by atoms with Crippen molar-refractivity contribution in [3.8, 4) is 5.75 Å². The van der Waals surface area contributed by atoms with E-state index in [9.17, 15) is 13.2 Å². The van der Waals surface area contributed by atoms with Crippen molar-refractivity contribution in [3.63, 3.8) is 0 Å². The van der Waals surface area contributed by atoms with E-state index in [4.69, 9.17) is 4.74 Å².